The van der Waals surface area contributed by atoms with Crippen molar-refractivity contribution in [3.63, 3.8) is 0 Å². The highest BCUT2D eigenvalue weighted by Crippen LogP contribution is 2.30. The molecule has 1 N–H and O–H groups in total. The fraction of sp³-hybridized carbons (Fsp3) is 0.357. The average Bonchev–Trinajstić information content (AvgIpc) is 2.82. The third-order valence-corrected chi connectivity index (χ3v) is 3.76. The van der Waals surface area contributed by atoms with Crippen LogP contribution in [0.5, 0.6) is 0 Å². The van der Waals surface area contributed by atoms with Crippen LogP contribution in [0.3, 0.4) is 0 Å². The molecule has 2 aromatic rings. The summed E-state index contributed by atoms with van der Waals surface area (Å²) in [7, 11) is 1.94. The van der Waals surface area contributed by atoms with Gasteiger partial charge in [0.15, 0.2) is 5.13 Å². The van der Waals surface area contributed by atoms with E-state index in [0.29, 0.717) is 0 Å². The highest BCUT2D eigenvalue weighted by Gasteiger charge is 2.12. The second-order valence-corrected chi connectivity index (χ2v) is 5.02. The van der Waals surface area contributed by atoms with Crippen LogP contribution >= 0.6 is 11.3 Å². The van der Waals surface area contributed by atoms with E-state index >= 15 is 0 Å². The fourth-order valence-corrected chi connectivity index (χ4v) is 2.86. The molecule has 0 amide bonds. The minimum absolute atomic E-state index is 0.821. The van der Waals surface area contributed by atoms with Gasteiger partial charge >= 0.3 is 0 Å². The number of hydrogen-bond donors (Lipinski definition) is 1. The van der Waals surface area contributed by atoms with Crippen LogP contribution in [-0.2, 0) is 6.54 Å². The molecule has 0 spiro atoms. The van der Waals surface area contributed by atoms with Gasteiger partial charge in [-0.1, -0.05) is 18.2 Å². The van der Waals surface area contributed by atoms with Crippen molar-refractivity contribution in [2.24, 2.45) is 0 Å². The average molecular weight is 261 g/mol. The Morgan fingerprint density at radius 1 is 1.33 bits per heavy atom. The predicted octanol–water partition coefficient (Wildman–Crippen LogP) is 3.33. The first-order valence-electron chi connectivity index (χ1n) is 6.18. The van der Waals surface area contributed by atoms with Gasteiger partial charge in [-0.2, -0.15) is 0 Å². The van der Waals surface area contributed by atoms with E-state index in [1.54, 1.807) is 11.3 Å². The van der Waals surface area contributed by atoms with Crippen molar-refractivity contribution in [2.45, 2.75) is 20.4 Å². The minimum Gasteiger partial charge on any atom is -0.318 e. The molecule has 0 aliphatic carbocycles. The molecule has 0 fully saturated rings. The molecule has 3 nitrogen and oxygen atoms in total. The maximum atomic E-state index is 4.67. The summed E-state index contributed by atoms with van der Waals surface area (Å²) >= 11 is 1.70. The van der Waals surface area contributed by atoms with Crippen LogP contribution in [0.25, 0.3) is 0 Å². The van der Waals surface area contributed by atoms with Gasteiger partial charge in [-0.25, -0.2) is 4.98 Å². The number of aryl methyl sites for hydroxylation is 1. The third kappa shape index (κ3) is 2.71. The van der Waals surface area contributed by atoms with Gasteiger partial charge < -0.3 is 10.2 Å². The monoisotopic (exact) mass is 261 g/mol. The Labute approximate surface area is 112 Å². The Morgan fingerprint density at radius 3 is 2.78 bits per heavy atom. The van der Waals surface area contributed by atoms with Gasteiger partial charge in [-0.15, -0.1) is 11.3 Å². The Kier molecular flexibility index (Phi) is 4.33. The first-order chi connectivity index (χ1) is 8.76. The molecule has 1 aromatic heterocycles. The van der Waals surface area contributed by atoms with Crippen molar-refractivity contribution < 1.29 is 0 Å². The number of anilines is 2. The normalized spacial score (nSPS) is 10.6. The summed E-state index contributed by atoms with van der Waals surface area (Å²) in [4.78, 5) is 6.93. The molecule has 0 unspecified atom stereocenters. The SMILES string of the molecule is CCN(c1nc(CNC)cs1)c1ccccc1C. The van der Waals surface area contributed by atoms with Gasteiger partial charge in [0.05, 0.1) is 5.69 Å². The predicted molar refractivity (Wildman–Crippen MR) is 78.7 cm³/mol. The highest BCUT2D eigenvalue weighted by atomic mass is 32.1. The summed E-state index contributed by atoms with van der Waals surface area (Å²) in [5.74, 6) is 0. The number of nitrogens with zero attached hydrogens (tertiary/aromatic N) is 2. The summed E-state index contributed by atoms with van der Waals surface area (Å²) in [5, 5.41) is 6.32. The first kappa shape index (κ1) is 13.1. The molecule has 0 aliphatic rings. The summed E-state index contributed by atoms with van der Waals surface area (Å²) in [6.07, 6.45) is 0. The Balaban J connectivity index is 2.30. The summed E-state index contributed by atoms with van der Waals surface area (Å²) in [6, 6.07) is 8.44. The van der Waals surface area contributed by atoms with E-state index in [-0.39, 0.29) is 0 Å². The number of thiazole rings is 1. The lowest BCUT2D eigenvalue weighted by molar-refractivity contribution is 0.795. The zero-order chi connectivity index (χ0) is 13.0. The number of rotatable bonds is 5. The standard InChI is InChI=1S/C14H19N3S/c1-4-17(13-8-6-5-7-11(13)2)14-16-12(9-15-3)10-18-14/h5-8,10,15H,4,9H2,1-3H3. The summed E-state index contributed by atoms with van der Waals surface area (Å²) in [5.41, 5.74) is 3.62. The van der Waals surface area contributed by atoms with Crippen LogP contribution in [0.1, 0.15) is 18.2 Å². The van der Waals surface area contributed by atoms with Gasteiger partial charge in [-0.3, -0.25) is 0 Å². The first-order valence-corrected chi connectivity index (χ1v) is 7.06. The van der Waals surface area contributed by atoms with Gasteiger partial charge in [0.1, 0.15) is 0 Å². The number of para-hydroxylation sites is 1. The molecule has 1 aromatic carbocycles. The second kappa shape index (κ2) is 5.98. The quantitative estimate of drug-likeness (QED) is 0.895. The van der Waals surface area contributed by atoms with E-state index < -0.39 is 0 Å². The van der Waals surface area contributed by atoms with Crippen molar-refractivity contribution in [1.82, 2.24) is 10.3 Å². The number of hydrogen-bond acceptors (Lipinski definition) is 4. The van der Waals surface area contributed by atoms with Gasteiger partial charge in [0.25, 0.3) is 0 Å². The van der Waals surface area contributed by atoms with Crippen LogP contribution in [-0.4, -0.2) is 18.6 Å². The Hall–Kier alpha value is -1.39. The van der Waals surface area contributed by atoms with Crippen LogP contribution in [0.15, 0.2) is 29.6 Å². The second-order valence-electron chi connectivity index (χ2n) is 4.18. The molecular formula is C14H19N3S. The van der Waals surface area contributed by atoms with Crippen molar-refractivity contribution in [2.75, 3.05) is 18.5 Å². The minimum atomic E-state index is 0.821. The number of aromatic nitrogens is 1. The number of nitrogens with one attached hydrogen (secondary N) is 1. The van der Waals surface area contributed by atoms with Gasteiger partial charge in [0.2, 0.25) is 0 Å². The van der Waals surface area contributed by atoms with E-state index in [2.05, 4.69) is 58.7 Å². The van der Waals surface area contributed by atoms with Crippen molar-refractivity contribution in [1.29, 1.82) is 0 Å². The van der Waals surface area contributed by atoms with Crippen LogP contribution < -0.4 is 10.2 Å². The van der Waals surface area contributed by atoms with Crippen molar-refractivity contribution in [3.8, 4) is 0 Å². The zero-order valence-corrected chi connectivity index (χ0v) is 11.9. The molecule has 96 valence electrons. The Morgan fingerprint density at radius 2 is 2.11 bits per heavy atom. The molecule has 0 radical (unpaired) electrons. The lowest BCUT2D eigenvalue weighted by atomic mass is 10.2. The molecule has 18 heavy (non-hydrogen) atoms. The molecule has 2 rings (SSSR count). The van der Waals surface area contributed by atoms with E-state index in [0.717, 1.165) is 23.9 Å². The van der Waals surface area contributed by atoms with Crippen LogP contribution in [0.2, 0.25) is 0 Å². The molecule has 0 saturated carbocycles. The molecule has 0 bridgehead atoms. The third-order valence-electron chi connectivity index (χ3n) is 2.85. The fourth-order valence-electron chi connectivity index (χ4n) is 1.96. The summed E-state index contributed by atoms with van der Waals surface area (Å²) < 4.78 is 0. The highest BCUT2D eigenvalue weighted by molar-refractivity contribution is 7.13. The lowest BCUT2D eigenvalue weighted by Gasteiger charge is -2.21. The van der Waals surface area contributed by atoms with Gasteiger partial charge in [0, 0.05) is 24.2 Å². The largest absolute Gasteiger partial charge is 0.318 e. The topological polar surface area (TPSA) is 28.2 Å². The van der Waals surface area contributed by atoms with E-state index in [4.69, 9.17) is 0 Å². The smallest absolute Gasteiger partial charge is 0.190 e. The molecule has 1 heterocycles. The molecule has 0 aliphatic heterocycles. The molecule has 4 heteroatoms. The van der Waals surface area contributed by atoms with E-state index in [9.17, 15) is 0 Å². The lowest BCUT2D eigenvalue weighted by Crippen LogP contribution is -2.17. The maximum Gasteiger partial charge on any atom is 0.190 e. The molecule has 0 saturated heterocycles. The zero-order valence-electron chi connectivity index (χ0n) is 11.1. The maximum absolute atomic E-state index is 4.67. The van der Waals surface area contributed by atoms with E-state index in [1.165, 1.54) is 11.3 Å². The molecular weight excluding hydrogens is 242 g/mol. The number of benzene rings is 1. The van der Waals surface area contributed by atoms with Gasteiger partial charge in [-0.05, 0) is 32.5 Å². The van der Waals surface area contributed by atoms with E-state index in [1.807, 2.05) is 7.05 Å². The van der Waals surface area contributed by atoms with Crippen LogP contribution in [0.4, 0.5) is 10.8 Å². The van der Waals surface area contributed by atoms with Crippen molar-refractivity contribution >= 4 is 22.2 Å². The summed E-state index contributed by atoms with van der Waals surface area (Å²) in [6.45, 7) is 6.05. The van der Waals surface area contributed by atoms with Crippen molar-refractivity contribution in [3.05, 3.63) is 40.9 Å². The Bertz CT molecular complexity index is 507. The van der Waals surface area contributed by atoms with Crippen LogP contribution in [0, 0.1) is 6.92 Å². The molecule has 0 atom stereocenters.